The molecule has 138 valence electrons. The third-order valence-electron chi connectivity index (χ3n) is 4.25. The number of benzene rings is 1. The molecule has 0 aliphatic rings. The third kappa shape index (κ3) is 6.47. The number of hydrogen-bond donors (Lipinski definition) is 1. The molecule has 1 rings (SSSR count). The zero-order valence-electron chi connectivity index (χ0n) is 15.7. The number of guanidine groups is 1. The zero-order chi connectivity index (χ0) is 17.2. The number of methoxy groups -OCH3 is 1. The molecule has 0 aliphatic heterocycles. The quantitative estimate of drug-likeness (QED) is 0.358. The molecule has 1 atom stereocenters. The standard InChI is InChI=1S/C18H32N4O.HI/c1-6-21(7-2)17(14-20-18(19)22(8-3)9-4)15-11-10-12-16(13-15)23-5;/h10-13,17H,6-9,14H2,1-5H3,(H2,19,20);1H. The Morgan fingerprint density at radius 2 is 1.75 bits per heavy atom. The van der Waals surface area contributed by atoms with Gasteiger partial charge in [0.25, 0.3) is 0 Å². The third-order valence-corrected chi connectivity index (χ3v) is 4.25. The van der Waals surface area contributed by atoms with Crippen LogP contribution in [0.25, 0.3) is 0 Å². The Morgan fingerprint density at radius 3 is 2.25 bits per heavy atom. The summed E-state index contributed by atoms with van der Waals surface area (Å²) in [6.07, 6.45) is 0. The van der Waals surface area contributed by atoms with Crippen LogP contribution in [-0.4, -0.2) is 55.6 Å². The van der Waals surface area contributed by atoms with Gasteiger partial charge in [-0.15, -0.1) is 24.0 Å². The topological polar surface area (TPSA) is 54.1 Å². The van der Waals surface area contributed by atoms with Crippen LogP contribution in [0.1, 0.15) is 39.3 Å². The minimum absolute atomic E-state index is 0. The van der Waals surface area contributed by atoms with Crippen molar-refractivity contribution in [1.29, 1.82) is 0 Å². The van der Waals surface area contributed by atoms with E-state index in [0.717, 1.165) is 31.9 Å². The number of aliphatic imine (C=N–C) groups is 1. The van der Waals surface area contributed by atoms with Gasteiger partial charge in [0.1, 0.15) is 5.75 Å². The lowest BCUT2D eigenvalue weighted by Crippen LogP contribution is -2.38. The molecule has 0 heterocycles. The Bertz CT molecular complexity index is 488. The van der Waals surface area contributed by atoms with E-state index in [2.05, 4.69) is 54.6 Å². The van der Waals surface area contributed by atoms with Gasteiger partial charge in [0, 0.05) is 13.1 Å². The fraction of sp³-hybridized carbons (Fsp3) is 0.611. The Morgan fingerprint density at radius 1 is 1.12 bits per heavy atom. The molecule has 0 amide bonds. The van der Waals surface area contributed by atoms with Gasteiger partial charge in [-0.05, 0) is 44.6 Å². The van der Waals surface area contributed by atoms with Gasteiger partial charge in [-0.3, -0.25) is 9.89 Å². The molecule has 1 aromatic carbocycles. The predicted octanol–water partition coefficient (Wildman–Crippen LogP) is 3.35. The van der Waals surface area contributed by atoms with Crippen LogP contribution in [0, 0.1) is 0 Å². The molecule has 0 saturated heterocycles. The highest BCUT2D eigenvalue weighted by atomic mass is 127. The largest absolute Gasteiger partial charge is 0.497 e. The maximum absolute atomic E-state index is 6.14. The first-order valence-electron chi connectivity index (χ1n) is 8.53. The van der Waals surface area contributed by atoms with Crippen molar-refractivity contribution in [2.45, 2.75) is 33.7 Å². The average Bonchev–Trinajstić information content (AvgIpc) is 2.59. The molecule has 0 radical (unpaired) electrons. The monoisotopic (exact) mass is 448 g/mol. The lowest BCUT2D eigenvalue weighted by Gasteiger charge is -2.29. The summed E-state index contributed by atoms with van der Waals surface area (Å²) in [5.74, 6) is 1.50. The summed E-state index contributed by atoms with van der Waals surface area (Å²) in [6.45, 7) is 12.9. The molecule has 0 spiro atoms. The Hall–Kier alpha value is -1.02. The van der Waals surface area contributed by atoms with E-state index < -0.39 is 0 Å². The highest BCUT2D eigenvalue weighted by molar-refractivity contribution is 14.0. The Labute approximate surface area is 164 Å². The molecule has 1 unspecified atom stereocenters. The number of hydrogen-bond acceptors (Lipinski definition) is 3. The van der Waals surface area contributed by atoms with Gasteiger partial charge < -0.3 is 15.4 Å². The summed E-state index contributed by atoms with van der Waals surface area (Å²) in [4.78, 5) is 9.12. The van der Waals surface area contributed by atoms with Gasteiger partial charge in [-0.1, -0.05) is 26.0 Å². The van der Waals surface area contributed by atoms with Crippen LogP contribution in [0.3, 0.4) is 0 Å². The van der Waals surface area contributed by atoms with Crippen LogP contribution >= 0.6 is 24.0 Å². The van der Waals surface area contributed by atoms with E-state index in [1.54, 1.807) is 7.11 Å². The van der Waals surface area contributed by atoms with Crippen molar-refractivity contribution in [3.63, 3.8) is 0 Å². The van der Waals surface area contributed by atoms with Crippen molar-refractivity contribution in [3.8, 4) is 5.75 Å². The predicted molar refractivity (Wildman–Crippen MR) is 113 cm³/mol. The highest BCUT2D eigenvalue weighted by Gasteiger charge is 2.18. The average molecular weight is 448 g/mol. The molecular formula is C18H33IN4O. The minimum atomic E-state index is 0. The van der Waals surface area contributed by atoms with Gasteiger partial charge in [-0.2, -0.15) is 0 Å². The van der Waals surface area contributed by atoms with Gasteiger partial charge in [0.2, 0.25) is 0 Å². The first kappa shape index (κ1) is 23.0. The summed E-state index contributed by atoms with van der Waals surface area (Å²) < 4.78 is 5.36. The number of rotatable bonds is 9. The molecule has 6 heteroatoms. The molecule has 0 aliphatic carbocycles. The van der Waals surface area contributed by atoms with Crippen molar-refractivity contribution in [1.82, 2.24) is 9.80 Å². The van der Waals surface area contributed by atoms with Crippen molar-refractivity contribution >= 4 is 29.9 Å². The van der Waals surface area contributed by atoms with Crippen molar-refractivity contribution in [2.24, 2.45) is 10.7 Å². The minimum Gasteiger partial charge on any atom is -0.497 e. The second-order valence-electron chi connectivity index (χ2n) is 5.38. The maximum atomic E-state index is 6.14. The molecule has 0 aromatic heterocycles. The van der Waals surface area contributed by atoms with E-state index in [1.807, 2.05) is 12.1 Å². The molecule has 0 fully saturated rings. The number of likely N-dealkylation sites (N-methyl/N-ethyl adjacent to an activating group) is 1. The van der Waals surface area contributed by atoms with Gasteiger partial charge >= 0.3 is 0 Å². The fourth-order valence-electron chi connectivity index (χ4n) is 2.77. The number of ether oxygens (including phenoxy) is 1. The molecule has 24 heavy (non-hydrogen) atoms. The second kappa shape index (κ2) is 12.4. The van der Waals surface area contributed by atoms with Gasteiger partial charge in [0.05, 0.1) is 19.7 Å². The second-order valence-corrected chi connectivity index (χ2v) is 5.38. The first-order chi connectivity index (χ1) is 11.1. The maximum Gasteiger partial charge on any atom is 0.191 e. The van der Waals surface area contributed by atoms with Crippen molar-refractivity contribution in [3.05, 3.63) is 29.8 Å². The van der Waals surface area contributed by atoms with E-state index in [9.17, 15) is 0 Å². The lowest BCUT2D eigenvalue weighted by molar-refractivity contribution is 0.223. The summed E-state index contributed by atoms with van der Waals surface area (Å²) in [7, 11) is 1.70. The number of nitrogens with two attached hydrogens (primary N) is 1. The number of halogens is 1. The summed E-state index contributed by atoms with van der Waals surface area (Å²) in [5, 5.41) is 0. The molecule has 1 aromatic rings. The molecular weight excluding hydrogens is 415 g/mol. The van der Waals surface area contributed by atoms with Crippen LogP contribution < -0.4 is 10.5 Å². The normalized spacial score (nSPS) is 12.7. The molecule has 0 saturated carbocycles. The first-order valence-corrected chi connectivity index (χ1v) is 8.53. The lowest BCUT2D eigenvalue weighted by atomic mass is 10.0. The summed E-state index contributed by atoms with van der Waals surface area (Å²) in [5.41, 5.74) is 7.35. The van der Waals surface area contributed by atoms with Crippen molar-refractivity contribution < 1.29 is 4.74 Å². The molecule has 0 bridgehead atoms. The van der Waals surface area contributed by atoms with Crippen LogP contribution in [0.5, 0.6) is 5.75 Å². The van der Waals surface area contributed by atoms with E-state index in [4.69, 9.17) is 10.5 Å². The Balaban J connectivity index is 0.00000529. The summed E-state index contributed by atoms with van der Waals surface area (Å²) in [6, 6.07) is 8.42. The Kier molecular flexibility index (Phi) is 11.8. The molecule has 2 N–H and O–H groups in total. The van der Waals surface area contributed by atoms with E-state index in [0.29, 0.717) is 12.5 Å². The van der Waals surface area contributed by atoms with Crippen LogP contribution in [0.15, 0.2) is 29.3 Å². The van der Waals surface area contributed by atoms with Gasteiger partial charge in [0.15, 0.2) is 5.96 Å². The van der Waals surface area contributed by atoms with E-state index in [1.165, 1.54) is 5.56 Å². The van der Waals surface area contributed by atoms with Crippen LogP contribution in [0.4, 0.5) is 0 Å². The number of nitrogens with zero attached hydrogens (tertiary/aromatic N) is 3. The molecule has 5 nitrogen and oxygen atoms in total. The SMILES string of the molecule is CCN(CC)C(N)=NCC(c1cccc(OC)c1)N(CC)CC.I. The smallest absolute Gasteiger partial charge is 0.191 e. The van der Waals surface area contributed by atoms with E-state index >= 15 is 0 Å². The van der Waals surface area contributed by atoms with Crippen molar-refractivity contribution in [2.75, 3.05) is 39.8 Å². The van der Waals surface area contributed by atoms with Crippen LogP contribution in [0.2, 0.25) is 0 Å². The zero-order valence-corrected chi connectivity index (χ0v) is 18.0. The van der Waals surface area contributed by atoms with Crippen LogP contribution in [-0.2, 0) is 0 Å². The highest BCUT2D eigenvalue weighted by Crippen LogP contribution is 2.24. The fourth-order valence-corrected chi connectivity index (χ4v) is 2.77. The van der Waals surface area contributed by atoms with E-state index in [-0.39, 0.29) is 30.0 Å². The van der Waals surface area contributed by atoms with Gasteiger partial charge in [-0.25, -0.2) is 0 Å². The summed E-state index contributed by atoms with van der Waals surface area (Å²) >= 11 is 0.